The molecular formula is C18H19FN4O4. The molecular weight excluding hydrogens is 355 g/mol. The maximum absolute atomic E-state index is 14.6. The van der Waals surface area contributed by atoms with E-state index < -0.39 is 17.8 Å². The van der Waals surface area contributed by atoms with Crippen LogP contribution >= 0.6 is 0 Å². The van der Waals surface area contributed by atoms with Gasteiger partial charge in [-0.1, -0.05) is 11.2 Å². The van der Waals surface area contributed by atoms with Gasteiger partial charge in [0.1, 0.15) is 22.8 Å². The van der Waals surface area contributed by atoms with E-state index in [1.807, 2.05) is 0 Å². The molecule has 0 radical (unpaired) electrons. The molecule has 1 fully saturated rings. The van der Waals surface area contributed by atoms with Gasteiger partial charge in [-0.25, -0.2) is 9.18 Å². The Morgan fingerprint density at radius 2 is 2.26 bits per heavy atom. The molecule has 1 unspecified atom stereocenters. The van der Waals surface area contributed by atoms with E-state index in [1.165, 1.54) is 31.6 Å². The second kappa shape index (κ2) is 8.00. The summed E-state index contributed by atoms with van der Waals surface area (Å²) in [6.07, 6.45) is 2.75. The van der Waals surface area contributed by atoms with E-state index in [1.54, 1.807) is 17.0 Å². The first-order chi connectivity index (χ1) is 13.1. The van der Waals surface area contributed by atoms with Crippen LogP contribution in [0.25, 0.3) is 0 Å². The lowest BCUT2D eigenvalue weighted by molar-refractivity contribution is 0.0697. The zero-order valence-electron chi connectivity index (χ0n) is 14.6. The number of oxime groups is 1. The van der Waals surface area contributed by atoms with Crippen molar-refractivity contribution >= 4 is 17.4 Å². The van der Waals surface area contributed by atoms with Crippen molar-refractivity contribution in [3.63, 3.8) is 0 Å². The van der Waals surface area contributed by atoms with Gasteiger partial charge in [0.25, 0.3) is 0 Å². The summed E-state index contributed by atoms with van der Waals surface area (Å²) in [6.45, 7) is 1.36. The molecule has 1 aromatic carbocycles. The van der Waals surface area contributed by atoms with Crippen LogP contribution in [-0.4, -0.2) is 59.8 Å². The van der Waals surface area contributed by atoms with Gasteiger partial charge in [-0.3, -0.25) is 4.98 Å². The Bertz CT molecular complexity index is 874. The number of nitrogens with zero attached hydrogens (tertiary/aromatic N) is 3. The second-order valence-corrected chi connectivity index (χ2v) is 5.91. The number of aromatic carboxylic acids is 1. The number of piperazine rings is 1. The molecule has 0 aliphatic carbocycles. The number of halogens is 1. The Kier molecular flexibility index (Phi) is 5.51. The molecule has 142 valence electrons. The Morgan fingerprint density at radius 1 is 1.44 bits per heavy atom. The van der Waals surface area contributed by atoms with Crippen molar-refractivity contribution in [2.75, 3.05) is 31.6 Å². The number of hydrogen-bond acceptors (Lipinski definition) is 7. The third-order valence-corrected chi connectivity index (χ3v) is 4.46. The molecule has 0 amide bonds. The first kappa shape index (κ1) is 18.6. The maximum atomic E-state index is 14.6. The third kappa shape index (κ3) is 3.54. The molecule has 1 atom stereocenters. The van der Waals surface area contributed by atoms with Gasteiger partial charge >= 0.3 is 5.97 Å². The lowest BCUT2D eigenvalue weighted by atomic mass is 9.97. The van der Waals surface area contributed by atoms with Gasteiger partial charge in [-0.15, -0.1) is 0 Å². The minimum Gasteiger partial charge on any atom is -0.496 e. The molecule has 0 saturated carbocycles. The first-order valence-corrected chi connectivity index (χ1v) is 8.28. The van der Waals surface area contributed by atoms with Crippen LogP contribution in [0.3, 0.4) is 0 Å². The fourth-order valence-electron chi connectivity index (χ4n) is 3.25. The number of carboxylic acid groups (broad SMARTS) is 1. The zero-order chi connectivity index (χ0) is 19.4. The highest BCUT2D eigenvalue weighted by Gasteiger charge is 2.33. The summed E-state index contributed by atoms with van der Waals surface area (Å²) in [4.78, 5) is 17.2. The number of carbonyl (C=O) groups is 1. The lowest BCUT2D eigenvalue weighted by Gasteiger charge is -2.38. The number of ether oxygens (including phenoxy) is 1. The van der Waals surface area contributed by atoms with Crippen LogP contribution in [0, 0.1) is 5.82 Å². The molecule has 1 aromatic heterocycles. The van der Waals surface area contributed by atoms with Crippen LogP contribution in [0.1, 0.15) is 15.9 Å². The van der Waals surface area contributed by atoms with Crippen molar-refractivity contribution in [2.45, 2.75) is 6.04 Å². The van der Waals surface area contributed by atoms with Crippen molar-refractivity contribution in [2.24, 2.45) is 5.16 Å². The van der Waals surface area contributed by atoms with Crippen LogP contribution in [0.5, 0.6) is 5.75 Å². The summed E-state index contributed by atoms with van der Waals surface area (Å²) >= 11 is 0. The van der Waals surface area contributed by atoms with Gasteiger partial charge in [0, 0.05) is 32.0 Å². The summed E-state index contributed by atoms with van der Waals surface area (Å²) in [5, 5.41) is 25.7. The van der Waals surface area contributed by atoms with Crippen molar-refractivity contribution in [3.8, 4) is 5.75 Å². The van der Waals surface area contributed by atoms with E-state index in [0.29, 0.717) is 25.3 Å². The highest BCUT2D eigenvalue weighted by atomic mass is 19.1. The summed E-state index contributed by atoms with van der Waals surface area (Å²) in [5.41, 5.74) is 0.514. The van der Waals surface area contributed by atoms with Crippen LogP contribution in [0.2, 0.25) is 0 Å². The summed E-state index contributed by atoms with van der Waals surface area (Å²) in [5.74, 6) is -1.50. The number of nitrogens with one attached hydrogen (secondary N) is 1. The number of aromatic nitrogens is 1. The predicted octanol–water partition coefficient (Wildman–Crippen LogP) is 1.58. The summed E-state index contributed by atoms with van der Waals surface area (Å²) in [6, 6.07) is 5.28. The minimum absolute atomic E-state index is 0.0159. The van der Waals surface area contributed by atoms with E-state index >= 15 is 0 Å². The van der Waals surface area contributed by atoms with Gasteiger partial charge in [-0.2, -0.15) is 0 Å². The number of carboxylic acids is 1. The number of benzene rings is 1. The molecule has 3 rings (SSSR count). The van der Waals surface area contributed by atoms with E-state index in [4.69, 9.17) is 4.74 Å². The zero-order valence-corrected chi connectivity index (χ0v) is 14.6. The molecule has 3 N–H and O–H groups in total. The molecule has 1 aliphatic rings. The average Bonchev–Trinajstić information content (AvgIpc) is 2.70. The Morgan fingerprint density at radius 3 is 2.96 bits per heavy atom. The normalized spacial score (nSPS) is 17.6. The minimum atomic E-state index is -1.12. The molecule has 2 aromatic rings. The largest absolute Gasteiger partial charge is 0.496 e. The van der Waals surface area contributed by atoms with Crippen molar-refractivity contribution < 1.29 is 24.2 Å². The SMILES string of the molecule is COc1cccc(F)c1C(=NO)C1CNCCN1c1ccncc1C(=O)O. The highest BCUT2D eigenvalue weighted by Crippen LogP contribution is 2.29. The van der Waals surface area contributed by atoms with Crippen LogP contribution in [0.15, 0.2) is 41.8 Å². The monoisotopic (exact) mass is 374 g/mol. The average molecular weight is 374 g/mol. The molecule has 0 spiro atoms. The predicted molar refractivity (Wildman–Crippen MR) is 96.5 cm³/mol. The van der Waals surface area contributed by atoms with Crippen LogP contribution < -0.4 is 15.0 Å². The number of anilines is 1. The molecule has 9 heteroatoms. The van der Waals surface area contributed by atoms with E-state index in [9.17, 15) is 19.5 Å². The van der Waals surface area contributed by atoms with Crippen molar-refractivity contribution in [1.82, 2.24) is 10.3 Å². The fraction of sp³-hybridized carbons (Fsp3) is 0.278. The first-order valence-electron chi connectivity index (χ1n) is 8.28. The third-order valence-electron chi connectivity index (χ3n) is 4.46. The maximum Gasteiger partial charge on any atom is 0.339 e. The summed E-state index contributed by atoms with van der Waals surface area (Å²) < 4.78 is 19.8. The number of rotatable bonds is 5. The topological polar surface area (TPSA) is 107 Å². The Labute approximate surface area is 154 Å². The molecule has 0 bridgehead atoms. The summed E-state index contributed by atoms with van der Waals surface area (Å²) in [7, 11) is 1.40. The molecule has 1 aliphatic heterocycles. The van der Waals surface area contributed by atoms with Gasteiger partial charge in [0.05, 0.1) is 24.4 Å². The van der Waals surface area contributed by atoms with Gasteiger partial charge in [0.2, 0.25) is 0 Å². The molecule has 1 saturated heterocycles. The van der Waals surface area contributed by atoms with Crippen LogP contribution in [-0.2, 0) is 0 Å². The fourth-order valence-corrected chi connectivity index (χ4v) is 3.25. The lowest BCUT2D eigenvalue weighted by Crippen LogP contribution is -2.56. The van der Waals surface area contributed by atoms with Gasteiger partial charge in [-0.05, 0) is 18.2 Å². The van der Waals surface area contributed by atoms with E-state index in [2.05, 4.69) is 15.5 Å². The van der Waals surface area contributed by atoms with Gasteiger partial charge < -0.3 is 25.3 Å². The molecule has 8 nitrogen and oxygen atoms in total. The number of methoxy groups -OCH3 is 1. The standard InChI is InChI=1S/C18H19FN4O4/c1-27-15-4-2-3-12(19)16(15)17(22-26)14-10-21-7-8-23(14)13-5-6-20-9-11(13)18(24)25/h2-6,9,14,21,26H,7-8,10H2,1H3,(H,24,25). The smallest absolute Gasteiger partial charge is 0.339 e. The van der Waals surface area contributed by atoms with Gasteiger partial charge in [0.15, 0.2) is 0 Å². The molecule has 2 heterocycles. The number of pyridine rings is 1. The van der Waals surface area contributed by atoms with Crippen molar-refractivity contribution in [1.29, 1.82) is 0 Å². The van der Waals surface area contributed by atoms with Crippen molar-refractivity contribution in [3.05, 3.63) is 53.6 Å². The second-order valence-electron chi connectivity index (χ2n) is 5.91. The highest BCUT2D eigenvalue weighted by molar-refractivity contribution is 6.08. The van der Waals surface area contributed by atoms with Crippen LogP contribution in [0.4, 0.5) is 10.1 Å². The Balaban J connectivity index is 2.10. The quantitative estimate of drug-likeness (QED) is 0.414. The number of hydrogen-bond donors (Lipinski definition) is 3. The van der Waals surface area contributed by atoms with E-state index in [-0.39, 0.29) is 22.6 Å². The Hall–Kier alpha value is -3.20. The van der Waals surface area contributed by atoms with E-state index in [0.717, 1.165) is 0 Å². The molecule has 27 heavy (non-hydrogen) atoms.